The number of aromatic nitrogens is 5. The number of rotatable bonds is 3. The molecule has 1 atom stereocenters. The third-order valence-electron chi connectivity index (χ3n) is 3.54. The molecule has 0 N–H and O–H groups in total. The van der Waals surface area contributed by atoms with E-state index in [0.717, 1.165) is 22.7 Å². The minimum atomic E-state index is 0.0306. The van der Waals surface area contributed by atoms with Gasteiger partial charge in [0.25, 0.3) is 0 Å². The summed E-state index contributed by atoms with van der Waals surface area (Å²) in [6.45, 7) is 4.16. The summed E-state index contributed by atoms with van der Waals surface area (Å²) in [4.78, 5) is 4.61. The van der Waals surface area contributed by atoms with Crippen LogP contribution in [-0.4, -0.2) is 24.3 Å². The summed E-state index contributed by atoms with van der Waals surface area (Å²) in [5.41, 5.74) is 3.24. The maximum atomic E-state index is 6.06. The zero-order valence-electron chi connectivity index (χ0n) is 11.7. The molecule has 0 saturated heterocycles. The summed E-state index contributed by atoms with van der Waals surface area (Å²) < 4.78 is 4.06. The lowest BCUT2D eigenvalue weighted by atomic mass is 10.2. The lowest BCUT2D eigenvalue weighted by Gasteiger charge is -2.16. The maximum absolute atomic E-state index is 6.06. The summed E-state index contributed by atoms with van der Waals surface area (Å²) >= 11 is 6.06. The second-order valence-electron chi connectivity index (χ2n) is 5.00. The van der Waals surface area contributed by atoms with Gasteiger partial charge >= 0.3 is 0 Å². The Morgan fingerprint density at radius 3 is 2.80 bits per heavy atom. The van der Waals surface area contributed by atoms with Crippen LogP contribution >= 0.6 is 11.6 Å². The first-order valence-corrected chi connectivity index (χ1v) is 7.02. The molecule has 3 aromatic rings. The van der Waals surface area contributed by atoms with Gasteiger partial charge in [0.05, 0.1) is 23.0 Å². The molecule has 0 aliphatic carbocycles. The molecule has 0 saturated carbocycles. The van der Waals surface area contributed by atoms with Crippen LogP contribution < -0.4 is 0 Å². The van der Waals surface area contributed by atoms with E-state index in [-0.39, 0.29) is 6.04 Å². The van der Waals surface area contributed by atoms with Crippen molar-refractivity contribution in [2.24, 2.45) is 7.05 Å². The van der Waals surface area contributed by atoms with Crippen LogP contribution in [0.5, 0.6) is 0 Å². The Hall–Kier alpha value is -1.88. The SMILES string of the molecule is Cc1ccc2nc(CCl)n(C(C)c3nncn3C)c2c1. The van der Waals surface area contributed by atoms with Crippen molar-refractivity contribution >= 4 is 22.6 Å². The van der Waals surface area contributed by atoms with Gasteiger partial charge < -0.3 is 9.13 Å². The molecule has 104 valence electrons. The molecule has 0 amide bonds. The molecule has 3 rings (SSSR count). The Labute approximate surface area is 122 Å². The molecule has 2 heterocycles. The number of hydrogen-bond donors (Lipinski definition) is 0. The second kappa shape index (κ2) is 4.90. The average Bonchev–Trinajstić information content (AvgIpc) is 3.00. The minimum Gasteiger partial charge on any atom is -0.319 e. The first-order chi connectivity index (χ1) is 9.61. The van der Waals surface area contributed by atoms with Crippen LogP contribution in [0.15, 0.2) is 24.5 Å². The van der Waals surface area contributed by atoms with Crippen LogP contribution in [0.4, 0.5) is 0 Å². The van der Waals surface area contributed by atoms with Crippen LogP contribution in [0.1, 0.15) is 30.2 Å². The third kappa shape index (κ3) is 1.98. The zero-order valence-corrected chi connectivity index (χ0v) is 12.5. The van der Waals surface area contributed by atoms with Crippen molar-refractivity contribution in [1.29, 1.82) is 0 Å². The van der Waals surface area contributed by atoms with E-state index in [9.17, 15) is 0 Å². The van der Waals surface area contributed by atoms with Gasteiger partial charge in [-0.25, -0.2) is 4.98 Å². The molecule has 0 aliphatic heterocycles. The molecular weight excluding hydrogens is 274 g/mol. The molecule has 5 nitrogen and oxygen atoms in total. The van der Waals surface area contributed by atoms with Gasteiger partial charge in [-0.3, -0.25) is 0 Å². The summed E-state index contributed by atoms with van der Waals surface area (Å²) in [5, 5.41) is 8.15. The van der Waals surface area contributed by atoms with Crippen LogP contribution in [0.3, 0.4) is 0 Å². The number of nitrogens with zero attached hydrogens (tertiary/aromatic N) is 5. The van der Waals surface area contributed by atoms with Crippen molar-refractivity contribution in [1.82, 2.24) is 24.3 Å². The number of aryl methyl sites for hydroxylation is 2. The fraction of sp³-hybridized carbons (Fsp3) is 0.357. The lowest BCUT2D eigenvalue weighted by molar-refractivity contribution is 0.572. The molecule has 20 heavy (non-hydrogen) atoms. The Balaban J connectivity index is 2.23. The van der Waals surface area contributed by atoms with Crippen molar-refractivity contribution in [3.05, 3.63) is 41.7 Å². The van der Waals surface area contributed by atoms with Crippen molar-refractivity contribution in [3.63, 3.8) is 0 Å². The first kappa shape index (κ1) is 13.1. The van der Waals surface area contributed by atoms with Crippen molar-refractivity contribution < 1.29 is 0 Å². The van der Waals surface area contributed by atoms with E-state index in [4.69, 9.17) is 11.6 Å². The molecule has 2 aromatic heterocycles. The number of benzene rings is 1. The highest BCUT2D eigenvalue weighted by Crippen LogP contribution is 2.26. The summed E-state index contributed by atoms with van der Waals surface area (Å²) in [6.07, 6.45) is 1.70. The van der Waals surface area contributed by atoms with Crippen molar-refractivity contribution in [3.8, 4) is 0 Å². The molecule has 0 spiro atoms. The van der Waals surface area contributed by atoms with Gasteiger partial charge in [0.15, 0.2) is 5.82 Å². The Kier molecular flexibility index (Phi) is 3.22. The average molecular weight is 290 g/mol. The van der Waals surface area contributed by atoms with E-state index in [1.165, 1.54) is 5.56 Å². The highest BCUT2D eigenvalue weighted by Gasteiger charge is 2.20. The van der Waals surface area contributed by atoms with Crippen LogP contribution in [-0.2, 0) is 12.9 Å². The van der Waals surface area contributed by atoms with Gasteiger partial charge in [-0.1, -0.05) is 6.07 Å². The van der Waals surface area contributed by atoms with E-state index < -0.39 is 0 Å². The third-order valence-corrected chi connectivity index (χ3v) is 3.78. The second-order valence-corrected chi connectivity index (χ2v) is 5.27. The van der Waals surface area contributed by atoms with E-state index in [2.05, 4.69) is 45.7 Å². The predicted octanol–water partition coefficient (Wildman–Crippen LogP) is 2.82. The zero-order chi connectivity index (χ0) is 14.3. The maximum Gasteiger partial charge on any atom is 0.155 e. The van der Waals surface area contributed by atoms with E-state index in [1.54, 1.807) is 6.33 Å². The minimum absolute atomic E-state index is 0.0306. The molecular formula is C14H16ClN5. The molecule has 1 aromatic carbocycles. The lowest BCUT2D eigenvalue weighted by Crippen LogP contribution is -2.14. The number of alkyl halides is 1. The van der Waals surface area contributed by atoms with Gasteiger partial charge in [0.2, 0.25) is 0 Å². The smallest absolute Gasteiger partial charge is 0.155 e. The Morgan fingerprint density at radius 2 is 2.15 bits per heavy atom. The van der Waals surface area contributed by atoms with Gasteiger partial charge in [-0.05, 0) is 31.5 Å². The number of imidazole rings is 1. The molecule has 0 radical (unpaired) electrons. The van der Waals surface area contributed by atoms with Crippen LogP contribution in [0.25, 0.3) is 11.0 Å². The highest BCUT2D eigenvalue weighted by molar-refractivity contribution is 6.16. The normalized spacial score (nSPS) is 13.0. The summed E-state index contributed by atoms with van der Waals surface area (Å²) in [7, 11) is 1.94. The van der Waals surface area contributed by atoms with Gasteiger partial charge in [0, 0.05) is 7.05 Å². The largest absolute Gasteiger partial charge is 0.319 e. The monoisotopic (exact) mass is 289 g/mol. The fourth-order valence-electron chi connectivity index (χ4n) is 2.57. The fourth-order valence-corrected chi connectivity index (χ4v) is 2.75. The van der Waals surface area contributed by atoms with Crippen molar-refractivity contribution in [2.45, 2.75) is 25.8 Å². The van der Waals surface area contributed by atoms with Crippen molar-refractivity contribution in [2.75, 3.05) is 0 Å². The number of halogens is 1. The highest BCUT2D eigenvalue weighted by atomic mass is 35.5. The van der Waals surface area contributed by atoms with Crippen LogP contribution in [0, 0.1) is 6.92 Å². The van der Waals surface area contributed by atoms with E-state index >= 15 is 0 Å². The predicted molar refractivity (Wildman–Crippen MR) is 78.8 cm³/mol. The number of fused-ring (bicyclic) bond motifs is 1. The van der Waals surface area contributed by atoms with E-state index in [0.29, 0.717) is 5.88 Å². The quantitative estimate of drug-likeness (QED) is 0.697. The summed E-state index contributed by atoms with van der Waals surface area (Å²) in [6, 6.07) is 6.25. The topological polar surface area (TPSA) is 48.5 Å². The molecule has 6 heteroatoms. The van der Waals surface area contributed by atoms with Gasteiger partial charge in [-0.15, -0.1) is 21.8 Å². The standard InChI is InChI=1S/C14H16ClN5/c1-9-4-5-11-12(6-9)20(13(7-15)17-11)10(2)14-18-16-8-19(14)3/h4-6,8,10H,7H2,1-3H3. The molecule has 0 aliphatic rings. The Morgan fingerprint density at radius 1 is 1.35 bits per heavy atom. The first-order valence-electron chi connectivity index (χ1n) is 6.49. The summed E-state index contributed by atoms with van der Waals surface area (Å²) in [5.74, 6) is 2.11. The van der Waals surface area contributed by atoms with E-state index in [1.807, 2.05) is 17.7 Å². The number of hydrogen-bond acceptors (Lipinski definition) is 3. The van der Waals surface area contributed by atoms with Gasteiger partial charge in [0.1, 0.15) is 12.2 Å². The molecule has 0 fully saturated rings. The molecule has 1 unspecified atom stereocenters. The molecule has 0 bridgehead atoms. The Bertz CT molecular complexity index is 758. The van der Waals surface area contributed by atoms with Crippen LogP contribution in [0.2, 0.25) is 0 Å². The van der Waals surface area contributed by atoms with Gasteiger partial charge in [-0.2, -0.15) is 0 Å².